The van der Waals surface area contributed by atoms with E-state index >= 15 is 0 Å². The number of ether oxygens (including phenoxy) is 2. The Morgan fingerprint density at radius 3 is 2.44 bits per heavy atom. The van der Waals surface area contributed by atoms with Crippen LogP contribution >= 0.6 is 20.0 Å². The van der Waals surface area contributed by atoms with Crippen molar-refractivity contribution in [3.63, 3.8) is 0 Å². The van der Waals surface area contributed by atoms with E-state index in [1.807, 2.05) is 6.92 Å². The Morgan fingerprint density at radius 2 is 1.88 bits per heavy atom. The number of benzene rings is 1. The molecule has 25 heavy (non-hydrogen) atoms. The third kappa shape index (κ3) is 9.02. The van der Waals surface area contributed by atoms with Crippen LogP contribution in [0.3, 0.4) is 0 Å². The third-order valence-corrected chi connectivity index (χ3v) is 4.26. The van der Waals surface area contributed by atoms with Crippen LogP contribution in [0.2, 0.25) is 5.02 Å². The van der Waals surface area contributed by atoms with Crippen molar-refractivity contribution in [1.29, 1.82) is 0 Å². The van der Waals surface area contributed by atoms with Gasteiger partial charge in [0.25, 0.3) is 0 Å². The number of carbonyl (C=O) groups excluding carboxylic acids is 2. The fourth-order valence-electron chi connectivity index (χ4n) is 2.09. The van der Waals surface area contributed by atoms with Crippen LogP contribution in [0.4, 0.5) is 4.79 Å². The molecule has 7 nitrogen and oxygen atoms in total. The summed E-state index contributed by atoms with van der Waals surface area (Å²) in [6.45, 7) is 3.42. The zero-order valence-corrected chi connectivity index (χ0v) is 15.8. The highest BCUT2D eigenvalue weighted by Gasteiger charge is 2.19. The van der Waals surface area contributed by atoms with E-state index in [1.165, 1.54) is 6.92 Å². The van der Waals surface area contributed by atoms with E-state index in [4.69, 9.17) is 21.1 Å². The molecule has 3 N–H and O–H groups in total. The molecule has 0 saturated carbocycles. The Labute approximate surface area is 153 Å². The second-order valence-electron chi connectivity index (χ2n) is 5.40. The Morgan fingerprint density at radius 1 is 1.24 bits per heavy atom. The molecule has 140 valence electrons. The van der Waals surface area contributed by atoms with Gasteiger partial charge in [0, 0.05) is 37.0 Å². The van der Waals surface area contributed by atoms with Crippen molar-refractivity contribution < 1.29 is 28.8 Å². The highest BCUT2D eigenvalue weighted by Crippen LogP contribution is 2.32. The van der Waals surface area contributed by atoms with Gasteiger partial charge in [-0.2, -0.15) is 0 Å². The zero-order chi connectivity index (χ0) is 18.8. The molecule has 0 spiro atoms. The molecule has 0 saturated heterocycles. The fourth-order valence-corrected chi connectivity index (χ4v) is 2.95. The Kier molecular flexibility index (Phi) is 9.75. The van der Waals surface area contributed by atoms with Gasteiger partial charge in [0.15, 0.2) is 8.38 Å². The molecular weight excluding hydrogens is 369 g/mol. The molecule has 0 aliphatic heterocycles. The summed E-state index contributed by atoms with van der Waals surface area (Å²) in [7, 11) is -2.13. The monoisotopic (exact) mass is 391 g/mol. The van der Waals surface area contributed by atoms with Crippen molar-refractivity contribution in [2.24, 2.45) is 0 Å². The van der Waals surface area contributed by atoms with E-state index in [9.17, 15) is 19.4 Å². The minimum Gasteiger partial charge on any atom is -0.425 e. The maximum absolute atomic E-state index is 11.8. The van der Waals surface area contributed by atoms with E-state index in [1.54, 1.807) is 24.3 Å². The van der Waals surface area contributed by atoms with E-state index in [0.29, 0.717) is 11.4 Å². The normalized spacial score (nSPS) is 13.2. The van der Waals surface area contributed by atoms with E-state index < -0.39 is 26.7 Å². The maximum Gasteiger partial charge on any atom is 0.410 e. The lowest BCUT2D eigenvalue weighted by Gasteiger charge is -2.20. The van der Waals surface area contributed by atoms with E-state index in [0.717, 1.165) is 5.56 Å². The smallest absolute Gasteiger partial charge is 0.410 e. The summed E-state index contributed by atoms with van der Waals surface area (Å²) in [5.74, 6) is -0.753. The molecule has 0 heterocycles. The lowest BCUT2D eigenvalue weighted by atomic mass is 10.0. The predicted octanol–water partition coefficient (Wildman–Crippen LogP) is 3.14. The van der Waals surface area contributed by atoms with Crippen LogP contribution in [0.25, 0.3) is 0 Å². The van der Waals surface area contributed by atoms with Gasteiger partial charge in [-0.25, -0.2) is 4.79 Å². The molecule has 1 unspecified atom stereocenters. The Bertz CT molecular complexity index is 554. The second-order valence-corrected chi connectivity index (χ2v) is 6.94. The van der Waals surface area contributed by atoms with Crippen LogP contribution in [0.5, 0.6) is 0 Å². The summed E-state index contributed by atoms with van der Waals surface area (Å²) in [5.41, 5.74) is 0.808. The average molecular weight is 392 g/mol. The third-order valence-electron chi connectivity index (χ3n) is 3.24. The van der Waals surface area contributed by atoms with Crippen LogP contribution < -0.4 is 5.32 Å². The van der Waals surface area contributed by atoms with Gasteiger partial charge in [0.05, 0.1) is 0 Å². The van der Waals surface area contributed by atoms with Gasteiger partial charge >= 0.3 is 12.1 Å². The van der Waals surface area contributed by atoms with E-state index in [-0.39, 0.29) is 25.0 Å². The minimum absolute atomic E-state index is 0.0955. The molecule has 9 heteroatoms. The average Bonchev–Trinajstić information content (AvgIpc) is 2.52. The topological polar surface area (TPSA) is 105 Å². The number of alkyl carbamates (subject to hydrolysis) is 1. The van der Waals surface area contributed by atoms with Crippen molar-refractivity contribution >= 4 is 32.0 Å². The second kappa shape index (κ2) is 11.3. The summed E-state index contributed by atoms with van der Waals surface area (Å²) in [6.07, 6.45) is -0.758. The summed E-state index contributed by atoms with van der Waals surface area (Å²) < 4.78 is 9.86. The Balaban J connectivity index is 2.53. The van der Waals surface area contributed by atoms with Crippen LogP contribution in [0, 0.1) is 0 Å². The first-order chi connectivity index (χ1) is 11.8. The molecular formula is C16H23ClNO6P. The standard InChI is InChI=1S/C16H23ClNO6P/c1-3-4-15(19)23-11(2)24-16(20)18-9-13(10-25(21)22)12-5-7-14(17)8-6-12/h5-8,11,13,21-22H,3-4,9-10H2,1-2H3,(H,18,20)/t11?,13-/m1/s1. The highest BCUT2D eigenvalue weighted by molar-refractivity contribution is 7.45. The lowest BCUT2D eigenvalue weighted by molar-refractivity contribution is -0.164. The SMILES string of the molecule is CCCC(=O)OC(C)OC(=O)NC[C@H](CP(O)O)c1ccc(Cl)cc1. The van der Waals surface area contributed by atoms with Crippen LogP contribution in [-0.4, -0.2) is 40.8 Å². The van der Waals surface area contributed by atoms with Gasteiger partial charge in [0.2, 0.25) is 6.29 Å². The molecule has 1 rings (SSSR count). The first kappa shape index (κ1) is 21.6. The number of nitrogens with one attached hydrogen (secondary N) is 1. The number of amides is 1. The predicted molar refractivity (Wildman–Crippen MR) is 95.4 cm³/mol. The first-order valence-electron chi connectivity index (χ1n) is 7.86. The molecule has 0 fully saturated rings. The van der Waals surface area contributed by atoms with Crippen molar-refractivity contribution in [2.45, 2.75) is 38.9 Å². The van der Waals surface area contributed by atoms with Gasteiger partial charge in [-0.15, -0.1) is 0 Å². The van der Waals surface area contributed by atoms with Gasteiger partial charge in [-0.05, 0) is 24.1 Å². The number of hydrogen-bond donors (Lipinski definition) is 3. The van der Waals surface area contributed by atoms with Crippen molar-refractivity contribution in [2.75, 3.05) is 12.7 Å². The number of rotatable bonds is 9. The molecule has 0 aromatic heterocycles. The molecule has 1 aromatic rings. The molecule has 1 amide bonds. The summed E-state index contributed by atoms with van der Waals surface area (Å²) >= 11 is 5.84. The van der Waals surface area contributed by atoms with Crippen molar-refractivity contribution in [1.82, 2.24) is 5.32 Å². The number of esters is 1. The van der Waals surface area contributed by atoms with Crippen LogP contribution in [0.1, 0.15) is 38.2 Å². The molecule has 1 aromatic carbocycles. The van der Waals surface area contributed by atoms with Gasteiger partial charge in [-0.3, -0.25) is 4.79 Å². The van der Waals surface area contributed by atoms with Crippen LogP contribution in [0.15, 0.2) is 24.3 Å². The van der Waals surface area contributed by atoms with Gasteiger partial charge < -0.3 is 24.6 Å². The molecule has 0 aliphatic carbocycles. The van der Waals surface area contributed by atoms with Gasteiger partial charge in [-0.1, -0.05) is 30.7 Å². The molecule has 2 atom stereocenters. The molecule has 0 bridgehead atoms. The quantitative estimate of drug-likeness (QED) is 0.339. The number of halogens is 1. The van der Waals surface area contributed by atoms with Crippen molar-refractivity contribution in [3.8, 4) is 0 Å². The van der Waals surface area contributed by atoms with Crippen molar-refractivity contribution in [3.05, 3.63) is 34.9 Å². The zero-order valence-electron chi connectivity index (χ0n) is 14.1. The fraction of sp³-hybridized carbons (Fsp3) is 0.500. The lowest BCUT2D eigenvalue weighted by Crippen LogP contribution is -2.33. The first-order valence-corrected chi connectivity index (χ1v) is 9.67. The Hall–Kier alpha value is -1.40. The van der Waals surface area contributed by atoms with Gasteiger partial charge in [0.1, 0.15) is 0 Å². The molecule has 0 radical (unpaired) electrons. The minimum atomic E-state index is -2.13. The van der Waals surface area contributed by atoms with Crippen LogP contribution in [-0.2, 0) is 14.3 Å². The number of hydrogen-bond acceptors (Lipinski definition) is 6. The van der Waals surface area contributed by atoms with E-state index in [2.05, 4.69) is 5.32 Å². The summed E-state index contributed by atoms with van der Waals surface area (Å²) in [4.78, 5) is 41.7. The highest BCUT2D eigenvalue weighted by atomic mass is 35.5. The number of carbonyl (C=O) groups is 2. The largest absolute Gasteiger partial charge is 0.425 e. The maximum atomic E-state index is 11.8. The summed E-state index contributed by atoms with van der Waals surface area (Å²) in [5, 5.41) is 3.10. The molecule has 0 aliphatic rings. The summed E-state index contributed by atoms with van der Waals surface area (Å²) in [6, 6.07) is 6.89.